The number of rotatable bonds is 1. The normalized spacial score (nSPS) is 11.1. The monoisotopic (exact) mass is 208 g/mol. The molecule has 1 heterocycles. The van der Waals surface area contributed by atoms with Gasteiger partial charge in [-0.15, -0.1) is 0 Å². The summed E-state index contributed by atoms with van der Waals surface area (Å²) in [7, 11) is 0. The van der Waals surface area contributed by atoms with Crippen LogP contribution in [0, 0.1) is 0 Å². The number of hydrogen-bond donors (Lipinski definition) is 1. The van der Waals surface area contributed by atoms with Crippen molar-refractivity contribution in [3.05, 3.63) is 17.5 Å². The molecule has 0 saturated carbocycles. The highest BCUT2D eigenvalue weighted by atomic mass is 19.4. The maximum Gasteiger partial charge on any atom is 0.433 e. The highest BCUT2D eigenvalue weighted by Crippen LogP contribution is 2.32. The summed E-state index contributed by atoms with van der Waals surface area (Å²) in [5, 5.41) is 5.32. The van der Waals surface area contributed by atoms with Crippen LogP contribution in [0.5, 0.6) is 0 Å². The Kier molecular flexibility index (Phi) is 4.67. The second-order valence-corrected chi connectivity index (χ2v) is 2.85. The van der Waals surface area contributed by atoms with E-state index in [2.05, 4.69) is 5.10 Å². The van der Waals surface area contributed by atoms with Gasteiger partial charge in [-0.2, -0.15) is 18.3 Å². The Bertz CT molecular complexity index is 263. The molecule has 0 unspecified atom stereocenters. The first-order valence-electron chi connectivity index (χ1n) is 4.53. The predicted octanol–water partition coefficient (Wildman–Crippen LogP) is 3.58. The van der Waals surface area contributed by atoms with Gasteiger partial charge in [-0.05, 0) is 5.92 Å². The van der Waals surface area contributed by atoms with Crippen molar-refractivity contribution in [2.75, 3.05) is 0 Å². The number of aromatic nitrogens is 2. The quantitative estimate of drug-likeness (QED) is 0.750. The average Bonchev–Trinajstić information content (AvgIpc) is 2.54. The van der Waals surface area contributed by atoms with Gasteiger partial charge in [-0.25, -0.2) is 0 Å². The molecule has 1 aromatic heterocycles. The Balaban J connectivity index is 0.000000791. The van der Waals surface area contributed by atoms with Gasteiger partial charge in [0.2, 0.25) is 0 Å². The van der Waals surface area contributed by atoms with E-state index in [0.29, 0.717) is 0 Å². The van der Waals surface area contributed by atoms with E-state index in [1.165, 1.54) is 6.20 Å². The van der Waals surface area contributed by atoms with Crippen LogP contribution in [0.4, 0.5) is 13.2 Å². The highest BCUT2D eigenvalue weighted by molar-refractivity contribution is 5.22. The molecule has 0 saturated heterocycles. The van der Waals surface area contributed by atoms with Crippen molar-refractivity contribution >= 4 is 0 Å². The molecule has 1 rings (SSSR count). The maximum absolute atomic E-state index is 12.2. The average molecular weight is 208 g/mol. The Morgan fingerprint density at radius 1 is 1.29 bits per heavy atom. The van der Waals surface area contributed by atoms with Crippen molar-refractivity contribution in [2.45, 2.75) is 39.8 Å². The first kappa shape index (κ1) is 13.0. The minimum atomic E-state index is -4.32. The number of alkyl halides is 3. The first-order chi connectivity index (χ1) is 6.43. The lowest BCUT2D eigenvalue weighted by Crippen LogP contribution is -2.09. The van der Waals surface area contributed by atoms with Crippen molar-refractivity contribution < 1.29 is 13.2 Å². The Morgan fingerprint density at radius 2 is 1.79 bits per heavy atom. The summed E-state index contributed by atoms with van der Waals surface area (Å²) < 4.78 is 36.5. The Morgan fingerprint density at radius 3 is 2.07 bits per heavy atom. The van der Waals surface area contributed by atoms with Crippen LogP contribution in [0.3, 0.4) is 0 Å². The van der Waals surface area contributed by atoms with E-state index < -0.39 is 11.9 Å². The van der Waals surface area contributed by atoms with Crippen molar-refractivity contribution in [3.8, 4) is 0 Å². The highest BCUT2D eigenvalue weighted by Gasteiger charge is 2.35. The molecule has 1 N–H and O–H groups in total. The van der Waals surface area contributed by atoms with Gasteiger partial charge in [-0.1, -0.05) is 27.7 Å². The lowest BCUT2D eigenvalue weighted by molar-refractivity contribution is -0.141. The molecule has 0 bridgehead atoms. The molecule has 0 radical (unpaired) electrons. The van der Waals surface area contributed by atoms with Crippen LogP contribution in [-0.4, -0.2) is 10.2 Å². The van der Waals surface area contributed by atoms with E-state index in [0.717, 1.165) is 0 Å². The molecule has 0 aliphatic heterocycles. The summed E-state index contributed by atoms with van der Waals surface area (Å²) >= 11 is 0. The van der Waals surface area contributed by atoms with Crippen LogP contribution >= 0.6 is 0 Å². The summed E-state index contributed by atoms with van der Waals surface area (Å²) in [6.45, 7) is 7.39. The Hall–Kier alpha value is -1.00. The van der Waals surface area contributed by atoms with Crippen LogP contribution in [0.2, 0.25) is 0 Å². The minimum Gasteiger partial charge on any atom is -0.273 e. The minimum absolute atomic E-state index is 0.166. The summed E-state index contributed by atoms with van der Waals surface area (Å²) in [5.74, 6) is -0.166. The fraction of sp³-hybridized carbons (Fsp3) is 0.667. The lowest BCUT2D eigenvalue weighted by Gasteiger charge is -2.08. The zero-order chi connectivity index (χ0) is 11.4. The molecular formula is C9H15F3N2. The standard InChI is InChI=1S/C7H9F3N2.C2H6/c1-4(2)5-3-11-12-6(5)7(8,9)10;1-2/h3-4H,1-2H3,(H,11,12);1-2H3. The number of nitrogens with one attached hydrogen (secondary N) is 1. The summed E-state index contributed by atoms with van der Waals surface area (Å²) in [4.78, 5) is 0. The van der Waals surface area contributed by atoms with Gasteiger partial charge in [0.25, 0.3) is 0 Å². The fourth-order valence-corrected chi connectivity index (χ4v) is 0.960. The van der Waals surface area contributed by atoms with E-state index in [1.807, 2.05) is 18.9 Å². The molecule has 0 aliphatic carbocycles. The van der Waals surface area contributed by atoms with Gasteiger partial charge < -0.3 is 0 Å². The van der Waals surface area contributed by atoms with E-state index in [4.69, 9.17) is 0 Å². The van der Waals surface area contributed by atoms with E-state index in [1.54, 1.807) is 13.8 Å². The maximum atomic E-state index is 12.2. The first-order valence-corrected chi connectivity index (χ1v) is 4.53. The predicted molar refractivity (Wildman–Crippen MR) is 49.0 cm³/mol. The van der Waals surface area contributed by atoms with Gasteiger partial charge >= 0.3 is 6.18 Å². The molecule has 0 spiro atoms. The molecule has 0 aromatic carbocycles. The third kappa shape index (κ3) is 3.05. The van der Waals surface area contributed by atoms with Gasteiger partial charge in [0.1, 0.15) is 5.69 Å². The van der Waals surface area contributed by atoms with Crippen LogP contribution in [0.25, 0.3) is 0 Å². The molecule has 2 nitrogen and oxygen atoms in total. The largest absolute Gasteiger partial charge is 0.433 e. The molecule has 0 fully saturated rings. The zero-order valence-corrected chi connectivity index (χ0v) is 8.74. The molecule has 0 aliphatic rings. The molecular weight excluding hydrogens is 193 g/mol. The number of aromatic amines is 1. The topological polar surface area (TPSA) is 28.7 Å². The number of H-pyrrole nitrogens is 1. The molecule has 0 amide bonds. The van der Waals surface area contributed by atoms with Gasteiger partial charge in [0, 0.05) is 5.56 Å². The van der Waals surface area contributed by atoms with E-state index in [-0.39, 0.29) is 11.5 Å². The number of nitrogens with zero attached hydrogens (tertiary/aromatic N) is 1. The van der Waals surface area contributed by atoms with Crippen LogP contribution in [0.1, 0.15) is 44.9 Å². The van der Waals surface area contributed by atoms with Gasteiger partial charge in [0.05, 0.1) is 6.20 Å². The van der Waals surface area contributed by atoms with Gasteiger partial charge in [-0.3, -0.25) is 5.10 Å². The molecule has 14 heavy (non-hydrogen) atoms. The van der Waals surface area contributed by atoms with Crippen molar-refractivity contribution in [1.82, 2.24) is 10.2 Å². The molecule has 1 aromatic rings. The second-order valence-electron chi connectivity index (χ2n) is 2.85. The Labute approximate surface area is 81.5 Å². The number of halogens is 3. The molecule has 82 valence electrons. The smallest absolute Gasteiger partial charge is 0.273 e. The summed E-state index contributed by atoms with van der Waals surface area (Å²) in [6.07, 6.45) is -3.11. The summed E-state index contributed by atoms with van der Waals surface area (Å²) in [6, 6.07) is 0. The third-order valence-electron chi connectivity index (χ3n) is 1.57. The van der Waals surface area contributed by atoms with Crippen molar-refractivity contribution in [2.24, 2.45) is 0 Å². The van der Waals surface area contributed by atoms with Gasteiger partial charge in [0.15, 0.2) is 0 Å². The molecule has 0 atom stereocenters. The third-order valence-corrected chi connectivity index (χ3v) is 1.57. The SMILES string of the molecule is CC.CC(C)c1cn[nH]c1C(F)(F)F. The van der Waals surface area contributed by atoms with E-state index in [9.17, 15) is 13.2 Å². The zero-order valence-electron chi connectivity index (χ0n) is 8.74. The van der Waals surface area contributed by atoms with Crippen LogP contribution < -0.4 is 0 Å². The van der Waals surface area contributed by atoms with E-state index >= 15 is 0 Å². The second kappa shape index (κ2) is 5.02. The van der Waals surface area contributed by atoms with Crippen LogP contribution in [-0.2, 0) is 6.18 Å². The van der Waals surface area contributed by atoms with Crippen molar-refractivity contribution in [1.29, 1.82) is 0 Å². The molecule has 5 heteroatoms. The van der Waals surface area contributed by atoms with Crippen molar-refractivity contribution in [3.63, 3.8) is 0 Å². The lowest BCUT2D eigenvalue weighted by atomic mass is 10.0. The number of hydrogen-bond acceptors (Lipinski definition) is 1. The fourth-order valence-electron chi connectivity index (χ4n) is 0.960. The van der Waals surface area contributed by atoms with Crippen LogP contribution in [0.15, 0.2) is 6.20 Å². The summed E-state index contributed by atoms with van der Waals surface area (Å²) in [5.41, 5.74) is -0.528.